The maximum absolute atomic E-state index is 6.04. The van der Waals surface area contributed by atoms with E-state index in [2.05, 4.69) is 54.4 Å². The number of ether oxygens (including phenoxy) is 1. The number of anilines is 1. The Kier molecular flexibility index (Phi) is 5.57. The number of pyridine rings is 1. The molecule has 3 heteroatoms. The van der Waals surface area contributed by atoms with Crippen molar-refractivity contribution in [3.8, 4) is 28.1 Å². The molecule has 1 heterocycles. The average Bonchev–Trinajstić information content (AvgIpc) is 2.78. The molecule has 0 saturated carbocycles. The molecule has 0 atom stereocenters. The first-order valence-corrected chi connectivity index (χ1v) is 9.86. The van der Waals surface area contributed by atoms with E-state index >= 15 is 0 Å². The van der Waals surface area contributed by atoms with Crippen LogP contribution >= 0.6 is 0 Å². The second kappa shape index (κ2) is 8.61. The lowest BCUT2D eigenvalue weighted by atomic mass is 9.95. The van der Waals surface area contributed by atoms with Crippen molar-refractivity contribution in [2.75, 3.05) is 5.73 Å². The minimum absolute atomic E-state index is 0.520. The van der Waals surface area contributed by atoms with Gasteiger partial charge in [0.1, 0.15) is 18.2 Å². The summed E-state index contributed by atoms with van der Waals surface area (Å²) < 4.78 is 6.02. The zero-order valence-electron chi connectivity index (χ0n) is 16.5. The molecule has 0 spiro atoms. The first kappa shape index (κ1) is 18.8. The van der Waals surface area contributed by atoms with Crippen molar-refractivity contribution in [1.82, 2.24) is 4.98 Å². The van der Waals surface area contributed by atoms with Crippen LogP contribution in [0.15, 0.2) is 91.0 Å². The predicted octanol–water partition coefficient (Wildman–Crippen LogP) is 6.14. The van der Waals surface area contributed by atoms with Crippen molar-refractivity contribution in [2.45, 2.75) is 20.0 Å². The molecule has 0 fully saturated rings. The summed E-state index contributed by atoms with van der Waals surface area (Å²) in [4.78, 5) is 4.69. The smallest absolute Gasteiger partial charge is 0.124 e. The number of nitrogens with two attached hydrogens (primary N) is 1. The molecule has 1 aromatic heterocycles. The number of nitrogens with zero attached hydrogens (tertiary/aromatic N) is 1. The van der Waals surface area contributed by atoms with Crippen LogP contribution in [-0.2, 0) is 13.0 Å². The Balaban J connectivity index is 1.70. The summed E-state index contributed by atoms with van der Waals surface area (Å²) in [6, 6.07) is 30.6. The van der Waals surface area contributed by atoms with Crippen molar-refractivity contribution in [3.05, 3.63) is 102 Å². The molecule has 0 radical (unpaired) electrons. The lowest BCUT2D eigenvalue weighted by Gasteiger charge is -2.14. The highest BCUT2D eigenvalue weighted by molar-refractivity contribution is 5.83. The van der Waals surface area contributed by atoms with Crippen LogP contribution in [0.25, 0.3) is 22.4 Å². The molecule has 3 nitrogen and oxygen atoms in total. The third-order valence-electron chi connectivity index (χ3n) is 4.96. The van der Waals surface area contributed by atoms with Crippen LogP contribution in [0.1, 0.15) is 18.1 Å². The molecule has 0 saturated heterocycles. The van der Waals surface area contributed by atoms with Crippen LogP contribution in [0.2, 0.25) is 0 Å². The van der Waals surface area contributed by atoms with Gasteiger partial charge in [-0.05, 0) is 47.4 Å². The average molecular weight is 380 g/mol. The first-order chi connectivity index (χ1) is 14.2. The maximum atomic E-state index is 6.04. The Morgan fingerprint density at radius 2 is 1.59 bits per heavy atom. The minimum Gasteiger partial charge on any atom is -0.489 e. The Bertz CT molecular complexity index is 1110. The lowest BCUT2D eigenvalue weighted by molar-refractivity contribution is 0.306. The summed E-state index contributed by atoms with van der Waals surface area (Å²) in [6.45, 7) is 2.69. The monoisotopic (exact) mass is 380 g/mol. The number of aromatic nitrogens is 1. The molecular formula is C26H24N2O. The lowest BCUT2D eigenvalue weighted by Crippen LogP contribution is -1.98. The number of benzene rings is 3. The SMILES string of the molecule is CCc1ccccc1-c1nc(N)ccc1-c1cccc(OCc2ccccc2)c1. The third kappa shape index (κ3) is 4.30. The van der Waals surface area contributed by atoms with E-state index in [9.17, 15) is 0 Å². The predicted molar refractivity (Wildman–Crippen MR) is 120 cm³/mol. The summed E-state index contributed by atoms with van der Waals surface area (Å²) >= 11 is 0. The Morgan fingerprint density at radius 1 is 0.793 bits per heavy atom. The van der Waals surface area contributed by atoms with Gasteiger partial charge >= 0.3 is 0 Å². The van der Waals surface area contributed by atoms with Gasteiger partial charge in [-0.1, -0.05) is 73.7 Å². The largest absolute Gasteiger partial charge is 0.489 e. The van der Waals surface area contributed by atoms with Crippen molar-refractivity contribution >= 4 is 5.82 Å². The standard InChI is InChI=1S/C26H24N2O/c1-2-20-11-6-7-14-23(20)26-24(15-16-25(27)28-26)21-12-8-13-22(17-21)29-18-19-9-4-3-5-10-19/h3-17H,2,18H2,1H3,(H2,27,28). The van der Waals surface area contributed by atoms with Gasteiger partial charge in [-0.3, -0.25) is 0 Å². The van der Waals surface area contributed by atoms with E-state index in [0.717, 1.165) is 40.1 Å². The number of hydrogen-bond donors (Lipinski definition) is 1. The number of nitrogen functional groups attached to an aromatic ring is 1. The molecule has 4 aromatic rings. The van der Waals surface area contributed by atoms with E-state index in [4.69, 9.17) is 10.5 Å². The van der Waals surface area contributed by atoms with E-state index < -0.39 is 0 Å². The molecule has 0 unspecified atom stereocenters. The number of hydrogen-bond acceptors (Lipinski definition) is 3. The molecule has 0 amide bonds. The quantitative estimate of drug-likeness (QED) is 0.437. The van der Waals surface area contributed by atoms with Crippen molar-refractivity contribution in [2.24, 2.45) is 0 Å². The van der Waals surface area contributed by atoms with E-state index in [0.29, 0.717) is 12.4 Å². The van der Waals surface area contributed by atoms with Crippen LogP contribution in [0.4, 0.5) is 5.82 Å². The van der Waals surface area contributed by atoms with Crippen LogP contribution in [-0.4, -0.2) is 4.98 Å². The third-order valence-corrected chi connectivity index (χ3v) is 4.96. The van der Waals surface area contributed by atoms with Crippen LogP contribution in [0.5, 0.6) is 5.75 Å². The second-order valence-electron chi connectivity index (χ2n) is 6.95. The van der Waals surface area contributed by atoms with Crippen LogP contribution in [0.3, 0.4) is 0 Å². The Hall–Kier alpha value is -3.59. The van der Waals surface area contributed by atoms with E-state index in [-0.39, 0.29) is 0 Å². The van der Waals surface area contributed by atoms with Crippen molar-refractivity contribution < 1.29 is 4.74 Å². The maximum Gasteiger partial charge on any atom is 0.124 e. The fourth-order valence-corrected chi connectivity index (χ4v) is 3.47. The number of rotatable bonds is 6. The summed E-state index contributed by atoms with van der Waals surface area (Å²) in [5.74, 6) is 1.35. The molecule has 144 valence electrons. The molecule has 4 rings (SSSR count). The molecule has 3 aromatic carbocycles. The summed E-state index contributed by atoms with van der Waals surface area (Å²) in [7, 11) is 0. The molecule has 0 bridgehead atoms. The van der Waals surface area contributed by atoms with E-state index in [1.54, 1.807) is 0 Å². The Morgan fingerprint density at radius 3 is 2.41 bits per heavy atom. The Labute approximate surface area is 171 Å². The van der Waals surface area contributed by atoms with Gasteiger partial charge in [0.15, 0.2) is 0 Å². The van der Waals surface area contributed by atoms with Gasteiger partial charge in [-0.2, -0.15) is 0 Å². The van der Waals surface area contributed by atoms with E-state index in [1.807, 2.05) is 48.5 Å². The van der Waals surface area contributed by atoms with Gasteiger partial charge in [-0.25, -0.2) is 4.98 Å². The van der Waals surface area contributed by atoms with Crippen molar-refractivity contribution in [1.29, 1.82) is 0 Å². The number of aryl methyl sites for hydroxylation is 1. The fourth-order valence-electron chi connectivity index (χ4n) is 3.47. The summed E-state index contributed by atoms with van der Waals surface area (Å²) in [5.41, 5.74) is 12.6. The van der Waals surface area contributed by atoms with Gasteiger partial charge in [0.25, 0.3) is 0 Å². The molecule has 0 aliphatic carbocycles. The van der Waals surface area contributed by atoms with E-state index in [1.165, 1.54) is 5.56 Å². The van der Waals surface area contributed by atoms with Gasteiger partial charge in [0.2, 0.25) is 0 Å². The van der Waals surface area contributed by atoms with Crippen molar-refractivity contribution in [3.63, 3.8) is 0 Å². The van der Waals surface area contributed by atoms with Gasteiger partial charge < -0.3 is 10.5 Å². The summed E-state index contributed by atoms with van der Waals surface area (Å²) in [6.07, 6.45) is 0.937. The van der Waals surface area contributed by atoms with Crippen LogP contribution < -0.4 is 10.5 Å². The van der Waals surface area contributed by atoms with Gasteiger partial charge in [-0.15, -0.1) is 0 Å². The highest BCUT2D eigenvalue weighted by atomic mass is 16.5. The fraction of sp³-hybridized carbons (Fsp3) is 0.115. The zero-order valence-corrected chi connectivity index (χ0v) is 16.5. The zero-order chi connectivity index (χ0) is 20.1. The summed E-state index contributed by atoms with van der Waals surface area (Å²) in [5, 5.41) is 0. The minimum atomic E-state index is 0.520. The highest BCUT2D eigenvalue weighted by Gasteiger charge is 2.13. The molecule has 2 N–H and O–H groups in total. The highest BCUT2D eigenvalue weighted by Crippen LogP contribution is 2.35. The van der Waals surface area contributed by atoms with Gasteiger partial charge in [0.05, 0.1) is 5.69 Å². The van der Waals surface area contributed by atoms with Gasteiger partial charge in [0, 0.05) is 11.1 Å². The molecule has 0 aliphatic rings. The second-order valence-corrected chi connectivity index (χ2v) is 6.95. The first-order valence-electron chi connectivity index (χ1n) is 9.86. The van der Waals surface area contributed by atoms with Crippen LogP contribution in [0, 0.1) is 0 Å². The normalized spacial score (nSPS) is 10.7. The molecular weight excluding hydrogens is 356 g/mol. The topological polar surface area (TPSA) is 48.1 Å². The molecule has 0 aliphatic heterocycles. The molecule has 29 heavy (non-hydrogen) atoms.